The lowest BCUT2D eigenvalue weighted by atomic mass is 10.0. The predicted octanol–water partition coefficient (Wildman–Crippen LogP) is 0.313. The molecule has 0 bridgehead atoms. The zero-order valence-electron chi connectivity index (χ0n) is 13.0. The van der Waals surface area contributed by atoms with Gasteiger partial charge in [-0.25, -0.2) is 4.98 Å². The summed E-state index contributed by atoms with van der Waals surface area (Å²) in [6.45, 7) is 0.972. The number of hydrogen-bond donors (Lipinski definition) is 1. The van der Waals surface area contributed by atoms with E-state index < -0.39 is 0 Å². The summed E-state index contributed by atoms with van der Waals surface area (Å²) in [6, 6.07) is 3.33. The zero-order chi connectivity index (χ0) is 16.1. The SMILES string of the molecule is CNC(=O)C[C@H]1CN(C(=O)c2ccc(OC)nc2)C[C@@H]1OC. The van der Waals surface area contributed by atoms with Gasteiger partial charge in [0.15, 0.2) is 0 Å². The van der Waals surface area contributed by atoms with Crippen LogP contribution < -0.4 is 10.1 Å². The van der Waals surface area contributed by atoms with Crippen LogP contribution in [0.1, 0.15) is 16.8 Å². The molecule has 120 valence electrons. The highest BCUT2D eigenvalue weighted by Gasteiger charge is 2.36. The van der Waals surface area contributed by atoms with E-state index in [2.05, 4.69) is 10.3 Å². The van der Waals surface area contributed by atoms with Gasteiger partial charge in [0, 0.05) is 51.8 Å². The summed E-state index contributed by atoms with van der Waals surface area (Å²) in [5.74, 6) is 0.300. The molecule has 7 nitrogen and oxygen atoms in total. The second kappa shape index (κ2) is 7.22. The summed E-state index contributed by atoms with van der Waals surface area (Å²) in [7, 11) is 4.73. The van der Waals surface area contributed by atoms with Gasteiger partial charge in [-0.15, -0.1) is 0 Å². The van der Waals surface area contributed by atoms with Crippen molar-refractivity contribution < 1.29 is 19.1 Å². The van der Waals surface area contributed by atoms with Crippen LogP contribution in [0.15, 0.2) is 18.3 Å². The van der Waals surface area contributed by atoms with Crippen molar-refractivity contribution in [2.24, 2.45) is 5.92 Å². The van der Waals surface area contributed by atoms with Crippen molar-refractivity contribution in [1.82, 2.24) is 15.2 Å². The van der Waals surface area contributed by atoms with Gasteiger partial charge in [-0.3, -0.25) is 9.59 Å². The summed E-state index contributed by atoms with van der Waals surface area (Å²) in [5.41, 5.74) is 0.497. The smallest absolute Gasteiger partial charge is 0.255 e. The van der Waals surface area contributed by atoms with E-state index in [1.165, 1.54) is 13.3 Å². The monoisotopic (exact) mass is 307 g/mol. The number of carbonyl (C=O) groups excluding carboxylic acids is 2. The number of rotatable bonds is 5. The van der Waals surface area contributed by atoms with E-state index in [9.17, 15) is 9.59 Å². The quantitative estimate of drug-likeness (QED) is 0.847. The maximum absolute atomic E-state index is 12.5. The molecule has 22 heavy (non-hydrogen) atoms. The van der Waals surface area contributed by atoms with E-state index in [-0.39, 0.29) is 23.8 Å². The number of ether oxygens (including phenoxy) is 2. The van der Waals surface area contributed by atoms with E-state index in [1.807, 2.05) is 0 Å². The fourth-order valence-corrected chi connectivity index (χ4v) is 2.62. The normalized spacial score (nSPS) is 20.8. The average molecular weight is 307 g/mol. The van der Waals surface area contributed by atoms with E-state index in [0.717, 1.165) is 0 Å². The molecule has 1 N–H and O–H groups in total. The van der Waals surface area contributed by atoms with Crippen LogP contribution in [0.5, 0.6) is 5.88 Å². The number of hydrogen-bond acceptors (Lipinski definition) is 5. The Balaban J connectivity index is 2.05. The van der Waals surface area contributed by atoms with Gasteiger partial charge in [-0.2, -0.15) is 0 Å². The van der Waals surface area contributed by atoms with Gasteiger partial charge in [0.25, 0.3) is 5.91 Å². The third-order valence-electron chi connectivity index (χ3n) is 3.89. The van der Waals surface area contributed by atoms with Crippen LogP contribution >= 0.6 is 0 Å². The minimum atomic E-state index is -0.132. The second-order valence-corrected chi connectivity index (χ2v) is 5.21. The highest BCUT2D eigenvalue weighted by atomic mass is 16.5. The van der Waals surface area contributed by atoms with Crippen molar-refractivity contribution in [3.05, 3.63) is 23.9 Å². The summed E-state index contributed by atoms with van der Waals surface area (Å²) < 4.78 is 10.4. The highest BCUT2D eigenvalue weighted by Crippen LogP contribution is 2.24. The van der Waals surface area contributed by atoms with Gasteiger partial charge in [-0.1, -0.05) is 0 Å². The van der Waals surface area contributed by atoms with Gasteiger partial charge < -0.3 is 19.7 Å². The van der Waals surface area contributed by atoms with Gasteiger partial charge >= 0.3 is 0 Å². The molecule has 0 aromatic carbocycles. The molecular weight excluding hydrogens is 286 g/mol. The van der Waals surface area contributed by atoms with Crippen LogP contribution in [0.2, 0.25) is 0 Å². The number of nitrogens with one attached hydrogen (secondary N) is 1. The molecule has 7 heteroatoms. The number of pyridine rings is 1. The Morgan fingerprint density at radius 3 is 2.68 bits per heavy atom. The lowest BCUT2D eigenvalue weighted by Crippen LogP contribution is -2.30. The molecule has 1 aliphatic rings. The van der Waals surface area contributed by atoms with E-state index in [0.29, 0.717) is 31.0 Å². The molecule has 1 aliphatic heterocycles. The molecule has 1 aromatic rings. The summed E-state index contributed by atoms with van der Waals surface area (Å²) in [5, 5.41) is 2.60. The van der Waals surface area contributed by atoms with Crippen LogP contribution in [-0.2, 0) is 9.53 Å². The van der Waals surface area contributed by atoms with Crippen LogP contribution in [0.4, 0.5) is 0 Å². The minimum absolute atomic E-state index is 0.0000996. The summed E-state index contributed by atoms with van der Waals surface area (Å²) >= 11 is 0. The number of carbonyl (C=O) groups is 2. The first-order valence-electron chi connectivity index (χ1n) is 7.11. The van der Waals surface area contributed by atoms with E-state index in [4.69, 9.17) is 9.47 Å². The number of aromatic nitrogens is 1. The Morgan fingerprint density at radius 2 is 2.14 bits per heavy atom. The molecule has 2 rings (SSSR count). The standard InChI is InChI=1S/C15H21N3O4/c1-16-13(19)6-11-8-18(9-12(11)21-2)15(20)10-4-5-14(22-3)17-7-10/h4-5,7,11-12H,6,8-9H2,1-3H3,(H,16,19)/t11-,12-/m0/s1. The first kappa shape index (κ1) is 16.2. The topological polar surface area (TPSA) is 80.8 Å². The van der Waals surface area contributed by atoms with Crippen LogP contribution in [0, 0.1) is 5.92 Å². The van der Waals surface area contributed by atoms with Crippen molar-refractivity contribution in [2.75, 3.05) is 34.4 Å². The maximum Gasteiger partial charge on any atom is 0.255 e. The second-order valence-electron chi connectivity index (χ2n) is 5.21. The largest absolute Gasteiger partial charge is 0.481 e. The molecule has 2 heterocycles. The third kappa shape index (κ3) is 3.54. The van der Waals surface area contributed by atoms with Crippen LogP contribution in [0.25, 0.3) is 0 Å². The van der Waals surface area contributed by atoms with Crippen molar-refractivity contribution in [1.29, 1.82) is 0 Å². The first-order valence-corrected chi connectivity index (χ1v) is 7.11. The molecule has 2 amide bonds. The molecule has 2 atom stereocenters. The fourth-order valence-electron chi connectivity index (χ4n) is 2.62. The van der Waals surface area contributed by atoms with Gasteiger partial charge in [0.2, 0.25) is 11.8 Å². The number of methoxy groups -OCH3 is 2. The predicted molar refractivity (Wildman–Crippen MR) is 79.7 cm³/mol. The molecule has 0 spiro atoms. The molecule has 1 aromatic heterocycles. The van der Waals surface area contributed by atoms with Gasteiger partial charge in [0.1, 0.15) is 0 Å². The third-order valence-corrected chi connectivity index (χ3v) is 3.89. The highest BCUT2D eigenvalue weighted by molar-refractivity contribution is 5.94. The molecule has 0 saturated carbocycles. The number of likely N-dealkylation sites (tertiary alicyclic amines) is 1. The van der Waals surface area contributed by atoms with Crippen molar-refractivity contribution in [2.45, 2.75) is 12.5 Å². The summed E-state index contributed by atoms with van der Waals surface area (Å²) in [4.78, 5) is 29.8. The fraction of sp³-hybridized carbons (Fsp3) is 0.533. The first-order chi connectivity index (χ1) is 10.6. The number of amides is 2. The Labute approximate surface area is 129 Å². The number of nitrogens with zero attached hydrogens (tertiary/aromatic N) is 2. The Morgan fingerprint density at radius 1 is 1.36 bits per heavy atom. The summed E-state index contributed by atoms with van der Waals surface area (Å²) in [6.07, 6.45) is 1.71. The Bertz CT molecular complexity index is 532. The average Bonchev–Trinajstić information content (AvgIpc) is 2.96. The molecule has 1 fully saturated rings. The Hall–Kier alpha value is -2.15. The molecular formula is C15H21N3O4. The van der Waals surface area contributed by atoms with Gasteiger partial charge in [0.05, 0.1) is 18.8 Å². The molecule has 0 radical (unpaired) electrons. The maximum atomic E-state index is 12.5. The van der Waals surface area contributed by atoms with E-state index in [1.54, 1.807) is 31.2 Å². The molecule has 0 unspecified atom stereocenters. The lowest BCUT2D eigenvalue weighted by Gasteiger charge is -2.16. The van der Waals surface area contributed by atoms with E-state index >= 15 is 0 Å². The van der Waals surface area contributed by atoms with Gasteiger partial charge in [-0.05, 0) is 6.07 Å². The Kier molecular flexibility index (Phi) is 5.32. The van der Waals surface area contributed by atoms with Crippen LogP contribution in [-0.4, -0.2) is 62.2 Å². The molecule has 1 saturated heterocycles. The minimum Gasteiger partial charge on any atom is -0.481 e. The van der Waals surface area contributed by atoms with Crippen molar-refractivity contribution in [3.8, 4) is 5.88 Å². The zero-order valence-corrected chi connectivity index (χ0v) is 13.0. The lowest BCUT2D eigenvalue weighted by molar-refractivity contribution is -0.122. The molecule has 0 aliphatic carbocycles. The van der Waals surface area contributed by atoms with Crippen molar-refractivity contribution >= 4 is 11.8 Å². The van der Waals surface area contributed by atoms with Crippen LogP contribution in [0.3, 0.4) is 0 Å². The van der Waals surface area contributed by atoms with Crippen molar-refractivity contribution in [3.63, 3.8) is 0 Å².